The molecule has 0 heterocycles. The normalized spacial score (nSPS) is 11.7. The number of hydrogen-bond donors (Lipinski definition) is 1. The van der Waals surface area contributed by atoms with Gasteiger partial charge in [0.1, 0.15) is 0 Å². The lowest BCUT2D eigenvalue weighted by molar-refractivity contribution is -0.113. The number of aryl methyl sites for hydroxylation is 4. The molecule has 146 valence electrons. The maximum atomic E-state index is 12.4. The predicted octanol–water partition coefficient (Wildman–Crippen LogP) is 3.90. The summed E-state index contributed by atoms with van der Waals surface area (Å²) in [4.78, 5) is 13.7. The standard InChI is InChI=1S/C20H26N2O3S2/c1-13-9-15(3)20(16(4)10-13)26-12-19(23)21-18-11-17(8-7-14(18)2)27(24,25)22(5)6/h7-11H,12H2,1-6H3,(H,21,23). The Morgan fingerprint density at radius 3 is 2.15 bits per heavy atom. The third-order valence-electron chi connectivity index (χ3n) is 4.21. The fraction of sp³-hybridized carbons (Fsp3) is 0.350. The van der Waals surface area contributed by atoms with Crippen molar-refractivity contribution in [3.8, 4) is 0 Å². The molecule has 0 radical (unpaired) electrons. The van der Waals surface area contributed by atoms with E-state index in [0.29, 0.717) is 5.69 Å². The number of nitrogens with one attached hydrogen (secondary N) is 1. The molecule has 2 rings (SSSR count). The van der Waals surface area contributed by atoms with Crippen LogP contribution in [-0.4, -0.2) is 38.5 Å². The van der Waals surface area contributed by atoms with Crippen LogP contribution in [0.5, 0.6) is 0 Å². The summed E-state index contributed by atoms with van der Waals surface area (Å²) < 4.78 is 25.8. The van der Waals surface area contributed by atoms with Crippen molar-refractivity contribution < 1.29 is 13.2 Å². The van der Waals surface area contributed by atoms with Crippen LogP contribution < -0.4 is 5.32 Å². The number of hydrogen-bond acceptors (Lipinski definition) is 4. The van der Waals surface area contributed by atoms with Crippen molar-refractivity contribution in [1.82, 2.24) is 4.31 Å². The van der Waals surface area contributed by atoms with Crippen molar-refractivity contribution in [2.24, 2.45) is 0 Å². The zero-order chi connectivity index (χ0) is 20.4. The first-order chi connectivity index (χ1) is 12.5. The molecular weight excluding hydrogens is 380 g/mol. The number of carbonyl (C=O) groups is 1. The number of thioether (sulfide) groups is 1. The molecule has 0 saturated carbocycles. The summed E-state index contributed by atoms with van der Waals surface area (Å²) in [7, 11) is -0.581. The van der Waals surface area contributed by atoms with E-state index in [-0.39, 0.29) is 16.6 Å². The summed E-state index contributed by atoms with van der Waals surface area (Å²) in [6, 6.07) is 8.97. The van der Waals surface area contributed by atoms with Gasteiger partial charge >= 0.3 is 0 Å². The highest BCUT2D eigenvalue weighted by Crippen LogP contribution is 2.28. The minimum absolute atomic E-state index is 0.159. The lowest BCUT2D eigenvalue weighted by Crippen LogP contribution is -2.22. The SMILES string of the molecule is Cc1cc(C)c(SCC(=O)Nc2cc(S(=O)(=O)N(C)C)ccc2C)c(C)c1. The van der Waals surface area contributed by atoms with Crippen LogP contribution in [0.2, 0.25) is 0 Å². The summed E-state index contributed by atoms with van der Waals surface area (Å²) in [6.45, 7) is 7.97. The number of sulfonamides is 1. The van der Waals surface area contributed by atoms with Crippen molar-refractivity contribution in [1.29, 1.82) is 0 Å². The molecular formula is C20H26N2O3S2. The molecule has 0 saturated heterocycles. The van der Waals surface area contributed by atoms with Crippen LogP contribution >= 0.6 is 11.8 Å². The predicted molar refractivity (Wildman–Crippen MR) is 112 cm³/mol. The topological polar surface area (TPSA) is 66.5 Å². The zero-order valence-electron chi connectivity index (χ0n) is 16.6. The Hall–Kier alpha value is -1.83. The van der Waals surface area contributed by atoms with E-state index in [4.69, 9.17) is 0 Å². The largest absolute Gasteiger partial charge is 0.325 e. The fourth-order valence-corrected chi connectivity index (χ4v) is 4.67. The maximum Gasteiger partial charge on any atom is 0.242 e. The average Bonchev–Trinajstić information content (AvgIpc) is 2.55. The van der Waals surface area contributed by atoms with Gasteiger partial charge in [-0.1, -0.05) is 23.8 Å². The molecule has 0 fully saturated rings. The van der Waals surface area contributed by atoms with Gasteiger partial charge in [0.25, 0.3) is 0 Å². The number of amides is 1. The third kappa shape index (κ3) is 5.12. The van der Waals surface area contributed by atoms with Crippen molar-refractivity contribution >= 4 is 33.4 Å². The average molecular weight is 407 g/mol. The molecule has 27 heavy (non-hydrogen) atoms. The lowest BCUT2D eigenvalue weighted by Gasteiger charge is -2.15. The minimum Gasteiger partial charge on any atom is -0.325 e. The van der Waals surface area contributed by atoms with Gasteiger partial charge in [0, 0.05) is 24.7 Å². The molecule has 0 bridgehead atoms. The van der Waals surface area contributed by atoms with Crippen molar-refractivity contribution in [3.63, 3.8) is 0 Å². The first-order valence-corrected chi connectivity index (χ1v) is 11.0. The molecule has 0 spiro atoms. The number of anilines is 1. The van der Waals surface area contributed by atoms with E-state index in [1.807, 2.05) is 20.8 Å². The number of rotatable bonds is 6. The van der Waals surface area contributed by atoms with Gasteiger partial charge in [-0.3, -0.25) is 4.79 Å². The van der Waals surface area contributed by atoms with Gasteiger partial charge in [-0.25, -0.2) is 12.7 Å². The molecule has 0 unspecified atom stereocenters. The summed E-state index contributed by atoms with van der Waals surface area (Å²) in [5, 5.41) is 2.84. The minimum atomic E-state index is -3.55. The first kappa shape index (κ1) is 21.5. The molecule has 0 aliphatic heterocycles. The second-order valence-corrected chi connectivity index (χ2v) is 9.97. The van der Waals surface area contributed by atoms with Gasteiger partial charge in [-0.2, -0.15) is 0 Å². The highest BCUT2D eigenvalue weighted by Gasteiger charge is 2.19. The van der Waals surface area contributed by atoms with E-state index >= 15 is 0 Å². The molecule has 7 heteroatoms. The van der Waals surface area contributed by atoms with E-state index in [0.717, 1.165) is 25.9 Å². The van der Waals surface area contributed by atoms with Crippen LogP contribution in [0.4, 0.5) is 5.69 Å². The second-order valence-electron chi connectivity index (χ2n) is 6.83. The Kier molecular flexibility index (Phi) is 6.72. The summed E-state index contributed by atoms with van der Waals surface area (Å²) in [6.07, 6.45) is 0. The molecule has 0 atom stereocenters. The van der Waals surface area contributed by atoms with E-state index in [2.05, 4.69) is 24.4 Å². The fourth-order valence-electron chi connectivity index (χ4n) is 2.83. The van der Waals surface area contributed by atoms with Gasteiger partial charge < -0.3 is 5.32 Å². The van der Waals surface area contributed by atoms with E-state index in [1.54, 1.807) is 12.1 Å². The first-order valence-electron chi connectivity index (χ1n) is 8.56. The molecule has 1 N–H and O–H groups in total. The zero-order valence-corrected chi connectivity index (χ0v) is 18.2. The van der Waals surface area contributed by atoms with E-state index < -0.39 is 10.0 Å². The van der Waals surface area contributed by atoms with Gasteiger partial charge in [0.2, 0.25) is 15.9 Å². The van der Waals surface area contributed by atoms with Crippen LogP contribution in [0, 0.1) is 27.7 Å². The van der Waals surface area contributed by atoms with Crippen LogP contribution in [0.15, 0.2) is 40.1 Å². The Morgan fingerprint density at radius 2 is 1.59 bits per heavy atom. The van der Waals surface area contributed by atoms with Crippen LogP contribution in [-0.2, 0) is 14.8 Å². The molecule has 5 nitrogen and oxygen atoms in total. The summed E-state index contributed by atoms with van der Waals surface area (Å²) >= 11 is 1.49. The molecule has 2 aromatic carbocycles. The molecule has 0 aliphatic carbocycles. The Morgan fingerprint density at radius 1 is 1.00 bits per heavy atom. The number of nitrogens with zero attached hydrogens (tertiary/aromatic N) is 1. The van der Waals surface area contributed by atoms with Crippen LogP contribution in [0.1, 0.15) is 22.3 Å². The monoisotopic (exact) mass is 406 g/mol. The Labute approximate surface area is 166 Å². The highest BCUT2D eigenvalue weighted by atomic mass is 32.2. The van der Waals surface area contributed by atoms with Gasteiger partial charge in [-0.05, 0) is 56.5 Å². The lowest BCUT2D eigenvalue weighted by atomic mass is 10.1. The van der Waals surface area contributed by atoms with Crippen molar-refractivity contribution in [2.45, 2.75) is 37.5 Å². The molecule has 0 aliphatic rings. The Bertz CT molecular complexity index is 944. The van der Waals surface area contributed by atoms with E-state index in [9.17, 15) is 13.2 Å². The quantitative estimate of drug-likeness (QED) is 0.739. The van der Waals surface area contributed by atoms with Gasteiger partial charge in [-0.15, -0.1) is 11.8 Å². The van der Waals surface area contributed by atoms with Gasteiger partial charge in [0.15, 0.2) is 0 Å². The summed E-state index contributed by atoms with van der Waals surface area (Å²) in [5.41, 5.74) is 4.84. The number of carbonyl (C=O) groups excluding carboxylic acids is 1. The third-order valence-corrected chi connectivity index (χ3v) is 7.36. The molecule has 2 aromatic rings. The molecule has 1 amide bonds. The second kappa shape index (κ2) is 8.46. The van der Waals surface area contributed by atoms with Crippen molar-refractivity contribution in [2.75, 3.05) is 25.2 Å². The smallest absolute Gasteiger partial charge is 0.242 e. The Balaban J connectivity index is 2.15. The summed E-state index contributed by atoms with van der Waals surface area (Å²) in [5.74, 6) is 0.0938. The van der Waals surface area contributed by atoms with Crippen LogP contribution in [0.25, 0.3) is 0 Å². The van der Waals surface area contributed by atoms with Gasteiger partial charge in [0.05, 0.1) is 10.6 Å². The number of benzene rings is 2. The maximum absolute atomic E-state index is 12.4. The van der Waals surface area contributed by atoms with Crippen molar-refractivity contribution in [3.05, 3.63) is 52.6 Å². The van der Waals surface area contributed by atoms with Crippen LogP contribution in [0.3, 0.4) is 0 Å². The highest BCUT2D eigenvalue weighted by molar-refractivity contribution is 8.00. The molecule has 0 aromatic heterocycles. The van der Waals surface area contributed by atoms with E-state index in [1.165, 1.54) is 37.5 Å².